The number of hydrogen-bond donors (Lipinski definition) is 3. The van der Waals surface area contributed by atoms with E-state index in [1.54, 1.807) is 0 Å². The summed E-state index contributed by atoms with van der Waals surface area (Å²) in [5.74, 6) is 0. The minimum absolute atomic E-state index is 0.311. The van der Waals surface area contributed by atoms with Gasteiger partial charge in [0.25, 0.3) is 0 Å². The smallest absolute Gasteiger partial charge is 0.186 e. The van der Waals surface area contributed by atoms with Gasteiger partial charge in [-0.05, 0) is 6.42 Å². The van der Waals surface area contributed by atoms with Crippen molar-refractivity contribution in [2.45, 2.75) is 63.6 Å². The second-order valence-corrected chi connectivity index (χ2v) is 4.49. The summed E-state index contributed by atoms with van der Waals surface area (Å²) in [6, 6.07) is 0. The maximum absolute atomic E-state index is 9.59. The lowest BCUT2D eigenvalue weighted by Crippen LogP contribution is -2.34. The minimum atomic E-state index is -1.07. The van der Waals surface area contributed by atoms with Gasteiger partial charge in [-0.1, -0.05) is 32.6 Å². The van der Waals surface area contributed by atoms with Gasteiger partial charge < -0.3 is 24.8 Å². The molecule has 1 aliphatic heterocycles. The van der Waals surface area contributed by atoms with Gasteiger partial charge in [0.15, 0.2) is 6.29 Å². The van der Waals surface area contributed by atoms with Gasteiger partial charge >= 0.3 is 0 Å². The molecule has 1 aliphatic rings. The van der Waals surface area contributed by atoms with E-state index in [9.17, 15) is 10.2 Å². The summed E-state index contributed by atoms with van der Waals surface area (Å²) in [6.45, 7) is 2.36. The van der Waals surface area contributed by atoms with Crippen LogP contribution in [0.15, 0.2) is 0 Å². The van der Waals surface area contributed by atoms with Gasteiger partial charge in [-0.25, -0.2) is 0 Å². The van der Waals surface area contributed by atoms with Crippen molar-refractivity contribution < 1.29 is 24.8 Å². The van der Waals surface area contributed by atoms with Gasteiger partial charge in [-0.15, -0.1) is 0 Å². The van der Waals surface area contributed by atoms with Gasteiger partial charge in [-0.3, -0.25) is 0 Å². The first-order chi connectivity index (χ1) is 8.20. The number of ether oxygens (including phenoxy) is 2. The van der Waals surface area contributed by atoms with Crippen molar-refractivity contribution in [2.75, 3.05) is 13.2 Å². The SMILES string of the molecule is CCCCCCCO[C@H]1O[C@H](CO)[C@H](O)[C@H]1O. The largest absolute Gasteiger partial charge is 0.394 e. The molecule has 0 radical (unpaired) electrons. The Morgan fingerprint density at radius 1 is 1.06 bits per heavy atom. The van der Waals surface area contributed by atoms with Crippen LogP contribution >= 0.6 is 0 Å². The van der Waals surface area contributed by atoms with Gasteiger partial charge in [0.1, 0.15) is 18.3 Å². The summed E-state index contributed by atoms with van der Waals surface area (Å²) in [6.07, 6.45) is 1.96. The fraction of sp³-hybridized carbons (Fsp3) is 1.00. The Morgan fingerprint density at radius 3 is 2.35 bits per heavy atom. The van der Waals surface area contributed by atoms with E-state index in [1.165, 1.54) is 19.3 Å². The van der Waals surface area contributed by atoms with Crippen LogP contribution in [-0.2, 0) is 9.47 Å². The molecule has 1 heterocycles. The Labute approximate surface area is 102 Å². The molecule has 3 N–H and O–H groups in total. The van der Waals surface area contributed by atoms with Gasteiger partial charge in [0.2, 0.25) is 0 Å². The molecule has 17 heavy (non-hydrogen) atoms. The molecule has 1 rings (SSSR count). The highest BCUT2D eigenvalue weighted by atomic mass is 16.7. The zero-order chi connectivity index (χ0) is 12.7. The average Bonchev–Trinajstić information content (AvgIpc) is 2.61. The zero-order valence-electron chi connectivity index (χ0n) is 10.4. The third kappa shape index (κ3) is 4.52. The third-order valence-corrected chi connectivity index (χ3v) is 3.03. The molecule has 4 atom stereocenters. The third-order valence-electron chi connectivity index (χ3n) is 3.03. The van der Waals surface area contributed by atoms with E-state index in [1.807, 2.05) is 0 Å². The summed E-state index contributed by atoms with van der Waals surface area (Å²) in [7, 11) is 0. The predicted octanol–water partition coefficient (Wildman–Crippen LogP) is 0.412. The molecule has 5 heteroatoms. The number of hydrogen-bond acceptors (Lipinski definition) is 5. The van der Waals surface area contributed by atoms with Crippen molar-refractivity contribution in [1.29, 1.82) is 0 Å². The monoisotopic (exact) mass is 248 g/mol. The highest BCUT2D eigenvalue weighted by molar-refractivity contribution is 4.86. The molecule has 0 bridgehead atoms. The standard InChI is InChI=1S/C12H24O5/c1-2-3-4-5-6-7-16-12-11(15)10(14)9(8-13)17-12/h9-15H,2-8H2,1H3/t9-,10+,11-,12+/m1/s1. The molecule has 0 saturated carbocycles. The van der Waals surface area contributed by atoms with Crippen LogP contribution in [0.25, 0.3) is 0 Å². The Bertz CT molecular complexity index is 199. The van der Waals surface area contributed by atoms with Crippen molar-refractivity contribution in [2.24, 2.45) is 0 Å². The second kappa shape index (κ2) is 8.00. The van der Waals surface area contributed by atoms with Crippen molar-refractivity contribution in [3.63, 3.8) is 0 Å². The van der Waals surface area contributed by atoms with Crippen molar-refractivity contribution in [3.8, 4) is 0 Å². The fourth-order valence-corrected chi connectivity index (χ4v) is 1.91. The van der Waals surface area contributed by atoms with E-state index in [0.717, 1.165) is 12.8 Å². The molecule has 0 spiro atoms. The van der Waals surface area contributed by atoms with E-state index < -0.39 is 24.6 Å². The van der Waals surface area contributed by atoms with Crippen LogP contribution in [0.4, 0.5) is 0 Å². The van der Waals surface area contributed by atoms with Gasteiger partial charge in [0.05, 0.1) is 6.61 Å². The lowest BCUT2D eigenvalue weighted by atomic mass is 10.1. The molecule has 1 fully saturated rings. The van der Waals surface area contributed by atoms with E-state index in [-0.39, 0.29) is 6.61 Å². The molecule has 0 amide bonds. The first-order valence-corrected chi connectivity index (χ1v) is 6.44. The van der Waals surface area contributed by atoms with Crippen molar-refractivity contribution in [3.05, 3.63) is 0 Å². The Balaban J connectivity index is 2.11. The van der Waals surface area contributed by atoms with Crippen LogP contribution in [0, 0.1) is 0 Å². The van der Waals surface area contributed by atoms with Crippen molar-refractivity contribution in [1.82, 2.24) is 0 Å². The van der Waals surface area contributed by atoms with Crippen LogP contribution in [0.2, 0.25) is 0 Å². The van der Waals surface area contributed by atoms with E-state index in [4.69, 9.17) is 14.6 Å². The fourth-order valence-electron chi connectivity index (χ4n) is 1.91. The summed E-state index contributed by atoms with van der Waals surface area (Å²) < 4.78 is 10.5. The Morgan fingerprint density at radius 2 is 1.76 bits per heavy atom. The summed E-state index contributed by atoms with van der Waals surface area (Å²) >= 11 is 0. The molecular formula is C12H24O5. The van der Waals surface area contributed by atoms with Crippen LogP contribution in [0.1, 0.15) is 39.0 Å². The molecule has 0 aromatic carbocycles. The number of aliphatic hydroxyl groups is 3. The summed E-state index contributed by atoms with van der Waals surface area (Å²) in [5.41, 5.74) is 0. The summed E-state index contributed by atoms with van der Waals surface area (Å²) in [4.78, 5) is 0. The van der Waals surface area contributed by atoms with E-state index in [0.29, 0.717) is 6.61 Å². The number of unbranched alkanes of at least 4 members (excludes halogenated alkanes) is 4. The maximum Gasteiger partial charge on any atom is 0.186 e. The van der Waals surface area contributed by atoms with E-state index in [2.05, 4.69) is 6.92 Å². The normalized spacial score (nSPS) is 33.2. The number of rotatable bonds is 8. The first-order valence-electron chi connectivity index (χ1n) is 6.44. The van der Waals surface area contributed by atoms with E-state index >= 15 is 0 Å². The molecular weight excluding hydrogens is 224 g/mol. The lowest BCUT2D eigenvalue weighted by molar-refractivity contribution is -0.169. The zero-order valence-corrected chi connectivity index (χ0v) is 10.4. The van der Waals surface area contributed by atoms with Crippen molar-refractivity contribution >= 4 is 0 Å². The topological polar surface area (TPSA) is 79.2 Å². The minimum Gasteiger partial charge on any atom is -0.394 e. The average molecular weight is 248 g/mol. The molecule has 1 saturated heterocycles. The highest BCUT2D eigenvalue weighted by Crippen LogP contribution is 2.22. The first kappa shape index (κ1) is 14.9. The molecule has 5 nitrogen and oxygen atoms in total. The number of aliphatic hydroxyl groups excluding tert-OH is 3. The van der Waals surface area contributed by atoms with Crippen LogP contribution in [0.5, 0.6) is 0 Å². The quantitative estimate of drug-likeness (QED) is 0.542. The molecule has 0 aromatic heterocycles. The summed E-state index contributed by atoms with van der Waals surface area (Å²) in [5, 5.41) is 28.0. The van der Waals surface area contributed by atoms with Gasteiger partial charge in [0, 0.05) is 6.61 Å². The van der Waals surface area contributed by atoms with Crippen LogP contribution in [-0.4, -0.2) is 53.1 Å². The predicted molar refractivity (Wildman–Crippen MR) is 62.5 cm³/mol. The molecule has 0 unspecified atom stereocenters. The Hall–Kier alpha value is -0.200. The maximum atomic E-state index is 9.59. The lowest BCUT2D eigenvalue weighted by Gasteiger charge is -2.15. The highest BCUT2D eigenvalue weighted by Gasteiger charge is 2.42. The molecule has 0 aromatic rings. The molecule has 102 valence electrons. The van der Waals surface area contributed by atoms with Gasteiger partial charge in [-0.2, -0.15) is 0 Å². The second-order valence-electron chi connectivity index (χ2n) is 4.49. The van der Waals surface area contributed by atoms with Crippen LogP contribution in [0.3, 0.4) is 0 Å². The molecule has 0 aliphatic carbocycles. The van der Waals surface area contributed by atoms with Crippen LogP contribution < -0.4 is 0 Å². The Kier molecular flexibility index (Phi) is 6.99.